The zero-order valence-electron chi connectivity index (χ0n) is 32.5. The molecule has 1 unspecified atom stereocenters. The molecule has 0 aliphatic carbocycles. The van der Waals surface area contributed by atoms with Crippen molar-refractivity contribution in [3.05, 3.63) is 11.6 Å². The van der Waals surface area contributed by atoms with Crippen LogP contribution in [-0.2, 0) is 43.2 Å². The fourth-order valence-electron chi connectivity index (χ4n) is 6.28. The predicted octanol–water partition coefficient (Wildman–Crippen LogP) is 0.425. The number of hydrogen-bond donors (Lipinski definition) is 6. The van der Waals surface area contributed by atoms with Gasteiger partial charge in [0, 0.05) is 50.7 Å². The van der Waals surface area contributed by atoms with Crippen molar-refractivity contribution in [3.8, 4) is 0 Å². The molecule has 6 atom stereocenters. The van der Waals surface area contributed by atoms with Gasteiger partial charge in [-0.1, -0.05) is 40.7 Å². The zero-order valence-corrected chi connectivity index (χ0v) is 33.3. The first-order valence-electron chi connectivity index (χ1n) is 18.2. The maximum Gasteiger partial charge on any atom is 0.326 e. The van der Waals surface area contributed by atoms with E-state index < -0.39 is 101 Å². The summed E-state index contributed by atoms with van der Waals surface area (Å²) in [5.74, 6) is -7.40. The van der Waals surface area contributed by atoms with Crippen LogP contribution in [0.1, 0.15) is 86.5 Å². The standard InChI is InChI=1S/C36H56N6O12S/c1-19(2)24(16-20(3)30(47)38-22(35(53)54)11-12-28(45)46)40(7)33(50)29(36(4,5)6)39-31(48)23-10-8-9-14-41(23)26(43)13-15-42-27(44)17-25(32(42)49)55-18-21(37)34(51)52/h16,19,21-25,29H,8-15,17-18,37H2,1-7H3,(H,38,47)(H,39,48)(H,45,46)(H,51,52)(H,53,54)/b20-16+/t21-,22+,23+,24+,25?,29+/m0/s1. The molecule has 2 rings (SSSR count). The van der Waals surface area contributed by atoms with Crippen LogP contribution < -0.4 is 16.4 Å². The normalized spacial score (nSPS) is 20.1. The molecule has 2 aliphatic heterocycles. The van der Waals surface area contributed by atoms with Gasteiger partial charge in [-0.15, -0.1) is 11.8 Å². The van der Waals surface area contributed by atoms with Gasteiger partial charge in [-0.3, -0.25) is 43.3 Å². The Morgan fingerprint density at radius 3 is 2.18 bits per heavy atom. The number of aliphatic carboxylic acids is 3. The number of carbonyl (C=O) groups excluding carboxylic acids is 6. The van der Waals surface area contributed by atoms with E-state index in [9.17, 15) is 48.3 Å². The highest BCUT2D eigenvalue weighted by atomic mass is 32.2. The van der Waals surface area contributed by atoms with Gasteiger partial charge in [-0.05, 0) is 43.9 Å². The highest BCUT2D eigenvalue weighted by molar-refractivity contribution is 8.00. The number of nitrogens with zero attached hydrogens (tertiary/aromatic N) is 3. The van der Waals surface area contributed by atoms with Crippen LogP contribution in [-0.4, -0.2) is 145 Å². The van der Waals surface area contributed by atoms with Gasteiger partial charge in [0.05, 0.1) is 11.3 Å². The van der Waals surface area contributed by atoms with Crippen LogP contribution in [0.25, 0.3) is 0 Å². The van der Waals surface area contributed by atoms with Crippen molar-refractivity contribution in [2.75, 3.05) is 25.9 Å². The van der Waals surface area contributed by atoms with Crippen molar-refractivity contribution in [2.45, 2.75) is 122 Å². The average molecular weight is 797 g/mol. The Hall–Kier alpha value is -4.52. The number of hydrogen-bond acceptors (Lipinski definition) is 11. The third-order valence-corrected chi connectivity index (χ3v) is 10.9. The van der Waals surface area contributed by atoms with Gasteiger partial charge >= 0.3 is 17.9 Å². The number of imide groups is 1. The van der Waals surface area contributed by atoms with Gasteiger partial charge < -0.3 is 41.5 Å². The first kappa shape index (κ1) is 46.6. The van der Waals surface area contributed by atoms with E-state index in [1.54, 1.807) is 20.8 Å². The highest BCUT2D eigenvalue weighted by Gasteiger charge is 2.42. The largest absolute Gasteiger partial charge is 0.481 e. The van der Waals surface area contributed by atoms with Crippen LogP contribution in [0.4, 0.5) is 0 Å². The van der Waals surface area contributed by atoms with Crippen LogP contribution in [0.2, 0.25) is 0 Å². The Bertz CT molecular complexity index is 1530. The molecule has 19 heteroatoms. The van der Waals surface area contributed by atoms with Crippen LogP contribution in [0.3, 0.4) is 0 Å². The Balaban J connectivity index is 2.18. The molecule has 0 spiro atoms. The van der Waals surface area contributed by atoms with Gasteiger partial charge in [-0.25, -0.2) is 4.79 Å². The van der Waals surface area contributed by atoms with Crippen LogP contribution in [0, 0.1) is 11.3 Å². The van der Waals surface area contributed by atoms with E-state index >= 15 is 0 Å². The minimum atomic E-state index is -1.44. The van der Waals surface area contributed by atoms with Crippen molar-refractivity contribution in [1.29, 1.82) is 0 Å². The Labute approximate surface area is 324 Å². The lowest BCUT2D eigenvalue weighted by Gasteiger charge is -2.40. The maximum absolute atomic E-state index is 14.2. The lowest BCUT2D eigenvalue weighted by molar-refractivity contribution is -0.146. The quantitative estimate of drug-likeness (QED) is 0.0764. The average Bonchev–Trinajstić information content (AvgIpc) is 3.37. The fraction of sp³-hybridized carbons (Fsp3) is 0.694. The monoisotopic (exact) mass is 796 g/mol. The number of carboxylic acids is 3. The Morgan fingerprint density at radius 2 is 1.64 bits per heavy atom. The number of piperidine rings is 1. The molecule has 2 fully saturated rings. The number of carbonyl (C=O) groups is 9. The van der Waals surface area contributed by atoms with Crippen molar-refractivity contribution in [3.63, 3.8) is 0 Å². The van der Waals surface area contributed by atoms with Crippen molar-refractivity contribution >= 4 is 65.1 Å². The Morgan fingerprint density at radius 1 is 1.00 bits per heavy atom. The Kier molecular flexibility index (Phi) is 17.3. The number of likely N-dealkylation sites (tertiary alicyclic amines) is 2. The van der Waals surface area contributed by atoms with Crippen LogP contribution in [0.15, 0.2) is 11.6 Å². The molecule has 0 aromatic heterocycles. The number of carboxylic acid groups (broad SMARTS) is 3. The van der Waals surface area contributed by atoms with E-state index in [1.165, 1.54) is 29.8 Å². The summed E-state index contributed by atoms with van der Waals surface area (Å²) in [6, 6.07) is -5.32. The molecule has 0 aromatic rings. The molecule has 308 valence electrons. The molecule has 2 aliphatic rings. The summed E-state index contributed by atoms with van der Waals surface area (Å²) in [4.78, 5) is 117. The maximum atomic E-state index is 14.2. The summed E-state index contributed by atoms with van der Waals surface area (Å²) >= 11 is 0.973. The fourth-order valence-corrected chi connectivity index (χ4v) is 7.39. The molecule has 0 aromatic carbocycles. The molecular weight excluding hydrogens is 740 g/mol. The zero-order chi connectivity index (χ0) is 41.9. The first-order valence-corrected chi connectivity index (χ1v) is 19.3. The predicted molar refractivity (Wildman–Crippen MR) is 200 cm³/mol. The molecule has 0 saturated carbocycles. The minimum absolute atomic E-state index is 0.0671. The molecule has 0 radical (unpaired) electrons. The summed E-state index contributed by atoms with van der Waals surface area (Å²) in [6.45, 7) is 10.4. The molecule has 0 bridgehead atoms. The van der Waals surface area contributed by atoms with E-state index in [4.69, 9.17) is 15.9 Å². The molecule has 6 amide bonds. The second-order valence-corrected chi connectivity index (χ2v) is 16.6. The van der Waals surface area contributed by atoms with Gasteiger partial charge in [-0.2, -0.15) is 0 Å². The number of amides is 6. The molecular formula is C36H56N6O12S. The first-order chi connectivity index (χ1) is 25.5. The van der Waals surface area contributed by atoms with Gasteiger partial charge in [0.1, 0.15) is 24.2 Å². The van der Waals surface area contributed by atoms with E-state index in [1.807, 2.05) is 13.8 Å². The second-order valence-electron chi connectivity index (χ2n) is 15.3. The minimum Gasteiger partial charge on any atom is -0.481 e. The van der Waals surface area contributed by atoms with Crippen LogP contribution >= 0.6 is 11.8 Å². The number of likely N-dealkylation sites (N-methyl/N-ethyl adjacent to an activating group) is 1. The van der Waals surface area contributed by atoms with Crippen molar-refractivity contribution in [1.82, 2.24) is 25.3 Å². The number of thioether (sulfide) groups is 1. The lowest BCUT2D eigenvalue weighted by Crippen LogP contribution is -2.60. The SMILES string of the molecule is C/C(=C\[C@H](C(C)C)N(C)C(=O)[C@@H](NC(=O)[C@H]1CCCCN1C(=O)CCN1C(=O)CC(SC[C@H](N)C(=O)O)C1=O)C(C)(C)C)C(=O)N[C@H](CCC(=O)O)C(=O)O. The molecule has 2 heterocycles. The summed E-state index contributed by atoms with van der Waals surface area (Å²) < 4.78 is 0. The summed E-state index contributed by atoms with van der Waals surface area (Å²) in [5.41, 5.74) is 4.80. The highest BCUT2D eigenvalue weighted by Crippen LogP contribution is 2.28. The summed E-state index contributed by atoms with van der Waals surface area (Å²) in [6.07, 6.45) is 1.92. The third-order valence-electron chi connectivity index (χ3n) is 9.58. The summed E-state index contributed by atoms with van der Waals surface area (Å²) in [7, 11) is 1.52. The molecule has 2 saturated heterocycles. The molecule has 7 N–H and O–H groups in total. The molecule has 55 heavy (non-hydrogen) atoms. The van der Waals surface area contributed by atoms with Gasteiger partial charge in [0.2, 0.25) is 35.4 Å². The molecule has 18 nitrogen and oxygen atoms in total. The number of rotatable bonds is 19. The second kappa shape index (κ2) is 20.4. The summed E-state index contributed by atoms with van der Waals surface area (Å²) in [5, 5.41) is 31.8. The van der Waals surface area contributed by atoms with E-state index in [2.05, 4.69) is 10.6 Å². The van der Waals surface area contributed by atoms with Gasteiger partial charge in [0.15, 0.2) is 0 Å². The van der Waals surface area contributed by atoms with Gasteiger partial charge in [0.25, 0.3) is 0 Å². The van der Waals surface area contributed by atoms with Crippen LogP contribution in [0.5, 0.6) is 0 Å². The van der Waals surface area contributed by atoms with Crippen molar-refractivity contribution < 1.29 is 58.5 Å². The lowest BCUT2D eigenvalue weighted by atomic mass is 9.84. The smallest absolute Gasteiger partial charge is 0.326 e. The topological polar surface area (TPSA) is 274 Å². The van der Waals surface area contributed by atoms with Crippen molar-refractivity contribution in [2.24, 2.45) is 17.1 Å². The third kappa shape index (κ3) is 13.3. The number of nitrogens with two attached hydrogens (primary N) is 1. The number of nitrogens with one attached hydrogen (secondary N) is 2. The van der Waals surface area contributed by atoms with E-state index in [0.29, 0.717) is 19.3 Å². The van der Waals surface area contributed by atoms with E-state index in [-0.39, 0.29) is 49.6 Å². The van der Waals surface area contributed by atoms with E-state index in [0.717, 1.165) is 16.7 Å².